The van der Waals surface area contributed by atoms with E-state index in [2.05, 4.69) is 4.98 Å². The molecule has 1 N–H and O–H groups in total. The predicted octanol–water partition coefficient (Wildman–Crippen LogP) is 2.61. The van der Waals surface area contributed by atoms with E-state index >= 15 is 0 Å². The van der Waals surface area contributed by atoms with Crippen LogP contribution >= 0.6 is 0 Å². The fraction of sp³-hybridized carbons (Fsp3) is 0.429. The zero-order chi connectivity index (χ0) is 12.2. The second-order valence-corrected chi connectivity index (χ2v) is 4.95. The third-order valence-electron chi connectivity index (χ3n) is 3.99. The third kappa shape index (κ3) is 1.28. The molecule has 0 aromatic carbocycles. The molecule has 17 heavy (non-hydrogen) atoms. The van der Waals surface area contributed by atoms with Crippen molar-refractivity contribution in [1.29, 1.82) is 0 Å². The van der Waals surface area contributed by atoms with Gasteiger partial charge in [-0.15, -0.1) is 0 Å². The quantitative estimate of drug-likeness (QED) is 0.743. The molecule has 0 fully saturated rings. The minimum Gasteiger partial charge on any atom is -0.355 e. The molecular formula is C14H15NO2. The highest BCUT2D eigenvalue weighted by Gasteiger charge is 2.33. The first-order valence-corrected chi connectivity index (χ1v) is 6.12. The summed E-state index contributed by atoms with van der Waals surface area (Å²) in [6, 6.07) is 0. The van der Waals surface area contributed by atoms with E-state index in [4.69, 9.17) is 0 Å². The molecule has 2 aliphatic carbocycles. The number of rotatable bonds is 0. The Hall–Kier alpha value is -1.64. The molecular weight excluding hydrogens is 214 g/mol. The number of aryl methyl sites for hydroxylation is 1. The van der Waals surface area contributed by atoms with Crippen molar-refractivity contribution in [3.05, 3.63) is 33.7 Å². The van der Waals surface area contributed by atoms with E-state index in [1.807, 2.05) is 0 Å². The molecule has 0 amide bonds. The molecule has 1 aromatic heterocycles. The van der Waals surface area contributed by atoms with Gasteiger partial charge in [0.25, 0.3) is 0 Å². The Bertz CT molecular complexity index is 575. The summed E-state index contributed by atoms with van der Waals surface area (Å²) >= 11 is 0. The van der Waals surface area contributed by atoms with Gasteiger partial charge >= 0.3 is 0 Å². The number of Topliss-reactive ketones (excluding diaryl/α,β-unsaturated/α-hetero) is 2. The van der Waals surface area contributed by atoms with Gasteiger partial charge in [0.05, 0.1) is 11.3 Å². The molecule has 0 unspecified atom stereocenters. The van der Waals surface area contributed by atoms with Gasteiger partial charge in [0, 0.05) is 16.8 Å². The van der Waals surface area contributed by atoms with Crippen LogP contribution in [0, 0.1) is 0 Å². The van der Waals surface area contributed by atoms with Crippen LogP contribution in [-0.2, 0) is 12.8 Å². The van der Waals surface area contributed by atoms with E-state index in [9.17, 15) is 9.59 Å². The highest BCUT2D eigenvalue weighted by molar-refractivity contribution is 6.26. The number of ketones is 2. The van der Waals surface area contributed by atoms with Gasteiger partial charge in [-0.05, 0) is 45.1 Å². The Morgan fingerprint density at radius 3 is 2.35 bits per heavy atom. The lowest BCUT2D eigenvalue weighted by atomic mass is 9.85. The summed E-state index contributed by atoms with van der Waals surface area (Å²) < 4.78 is 0. The largest absolute Gasteiger partial charge is 0.355 e. The molecule has 0 spiro atoms. The first-order chi connectivity index (χ1) is 8.11. The second-order valence-electron chi connectivity index (χ2n) is 4.95. The molecule has 2 aliphatic rings. The third-order valence-corrected chi connectivity index (χ3v) is 3.99. The number of nitrogens with one attached hydrogen (secondary N) is 1. The molecule has 0 saturated heterocycles. The molecule has 0 atom stereocenters. The molecule has 88 valence electrons. The Labute approximate surface area is 99.9 Å². The topological polar surface area (TPSA) is 49.9 Å². The Morgan fingerprint density at radius 1 is 0.941 bits per heavy atom. The average molecular weight is 229 g/mol. The molecule has 0 radical (unpaired) electrons. The first kappa shape index (κ1) is 10.5. The van der Waals surface area contributed by atoms with Crippen LogP contribution in [0.15, 0.2) is 11.1 Å². The van der Waals surface area contributed by atoms with Crippen LogP contribution in [0.1, 0.15) is 58.8 Å². The van der Waals surface area contributed by atoms with Crippen LogP contribution in [0.3, 0.4) is 0 Å². The number of allylic oxidation sites excluding steroid dienone is 2. The monoisotopic (exact) mass is 229 g/mol. The molecule has 0 bridgehead atoms. The minimum absolute atomic E-state index is 0.00787. The lowest BCUT2D eigenvalue weighted by molar-refractivity contribution is 0.0972. The summed E-state index contributed by atoms with van der Waals surface area (Å²) in [5, 5.41) is 0. The molecule has 3 rings (SSSR count). The maximum atomic E-state index is 12.3. The fourth-order valence-electron chi connectivity index (χ4n) is 2.82. The number of hydrogen-bond acceptors (Lipinski definition) is 2. The van der Waals surface area contributed by atoms with Gasteiger partial charge in [0.1, 0.15) is 0 Å². The van der Waals surface area contributed by atoms with Crippen LogP contribution in [0.2, 0.25) is 0 Å². The standard InChI is InChI=1S/C14H15NO2/c1-7-8(2)14(17)12-11(13(7)16)9-5-3-4-6-10(9)15-12/h15H,3-6H2,1-2H3. The summed E-state index contributed by atoms with van der Waals surface area (Å²) in [6.07, 6.45) is 4.13. The summed E-state index contributed by atoms with van der Waals surface area (Å²) in [5.74, 6) is 0.0306. The molecule has 1 heterocycles. The van der Waals surface area contributed by atoms with Crippen molar-refractivity contribution >= 4 is 11.6 Å². The number of carbonyl (C=O) groups excluding carboxylic acids is 2. The molecule has 3 nitrogen and oxygen atoms in total. The lowest BCUT2D eigenvalue weighted by Crippen LogP contribution is -2.19. The number of carbonyl (C=O) groups is 2. The summed E-state index contributed by atoms with van der Waals surface area (Å²) in [7, 11) is 0. The minimum atomic E-state index is -0.00787. The van der Waals surface area contributed by atoms with Gasteiger partial charge < -0.3 is 4.98 Å². The highest BCUT2D eigenvalue weighted by atomic mass is 16.1. The Morgan fingerprint density at radius 2 is 1.59 bits per heavy atom. The number of aromatic nitrogens is 1. The van der Waals surface area contributed by atoms with Crippen molar-refractivity contribution < 1.29 is 9.59 Å². The second kappa shape index (κ2) is 3.42. The van der Waals surface area contributed by atoms with Gasteiger partial charge in [0.15, 0.2) is 5.78 Å². The van der Waals surface area contributed by atoms with E-state index in [0.29, 0.717) is 22.4 Å². The predicted molar refractivity (Wildman–Crippen MR) is 64.5 cm³/mol. The summed E-state index contributed by atoms with van der Waals surface area (Å²) in [6.45, 7) is 3.49. The maximum absolute atomic E-state index is 12.3. The van der Waals surface area contributed by atoms with Crippen molar-refractivity contribution in [3.8, 4) is 0 Å². The highest BCUT2D eigenvalue weighted by Crippen LogP contribution is 2.33. The van der Waals surface area contributed by atoms with Crippen molar-refractivity contribution in [3.63, 3.8) is 0 Å². The summed E-state index contributed by atoms with van der Waals surface area (Å²) in [5.41, 5.74) is 4.58. The van der Waals surface area contributed by atoms with Crippen LogP contribution in [-0.4, -0.2) is 16.6 Å². The lowest BCUT2D eigenvalue weighted by Gasteiger charge is -2.15. The summed E-state index contributed by atoms with van der Waals surface area (Å²) in [4.78, 5) is 27.6. The smallest absolute Gasteiger partial charge is 0.206 e. The van der Waals surface area contributed by atoms with E-state index in [-0.39, 0.29) is 11.6 Å². The fourth-order valence-corrected chi connectivity index (χ4v) is 2.82. The van der Waals surface area contributed by atoms with E-state index < -0.39 is 0 Å². The number of H-pyrrole nitrogens is 1. The van der Waals surface area contributed by atoms with Gasteiger partial charge in [0.2, 0.25) is 5.78 Å². The van der Waals surface area contributed by atoms with Crippen molar-refractivity contribution in [1.82, 2.24) is 4.98 Å². The number of aromatic amines is 1. The number of hydrogen-bond donors (Lipinski definition) is 1. The number of fused-ring (bicyclic) bond motifs is 3. The zero-order valence-electron chi connectivity index (χ0n) is 10.1. The van der Waals surface area contributed by atoms with Crippen LogP contribution in [0.25, 0.3) is 0 Å². The van der Waals surface area contributed by atoms with Crippen molar-refractivity contribution in [2.45, 2.75) is 39.5 Å². The Balaban J connectivity index is 2.26. The van der Waals surface area contributed by atoms with Gasteiger partial charge in [-0.2, -0.15) is 0 Å². The van der Waals surface area contributed by atoms with E-state index in [0.717, 1.165) is 36.9 Å². The van der Waals surface area contributed by atoms with Crippen LogP contribution in [0.4, 0.5) is 0 Å². The van der Waals surface area contributed by atoms with Crippen LogP contribution in [0.5, 0.6) is 0 Å². The average Bonchev–Trinajstić information content (AvgIpc) is 2.73. The molecule has 0 saturated carbocycles. The van der Waals surface area contributed by atoms with Gasteiger partial charge in [-0.3, -0.25) is 9.59 Å². The van der Waals surface area contributed by atoms with Crippen molar-refractivity contribution in [2.24, 2.45) is 0 Å². The maximum Gasteiger partial charge on any atom is 0.206 e. The van der Waals surface area contributed by atoms with Crippen molar-refractivity contribution in [2.75, 3.05) is 0 Å². The molecule has 3 heteroatoms. The molecule has 0 aliphatic heterocycles. The molecule has 1 aromatic rings. The van der Waals surface area contributed by atoms with E-state index in [1.54, 1.807) is 13.8 Å². The SMILES string of the molecule is CC1=C(C)C(=O)c2c([nH]c3c2CCCC3)C1=O. The Kier molecular flexibility index (Phi) is 2.12. The van der Waals surface area contributed by atoms with E-state index in [1.165, 1.54) is 0 Å². The first-order valence-electron chi connectivity index (χ1n) is 6.12. The normalized spacial score (nSPS) is 19.4. The van der Waals surface area contributed by atoms with Gasteiger partial charge in [-0.1, -0.05) is 0 Å². The zero-order valence-corrected chi connectivity index (χ0v) is 10.1. The van der Waals surface area contributed by atoms with Crippen LogP contribution < -0.4 is 0 Å². The van der Waals surface area contributed by atoms with Gasteiger partial charge in [-0.25, -0.2) is 0 Å².